The van der Waals surface area contributed by atoms with Gasteiger partial charge in [0.1, 0.15) is 18.1 Å². The zero-order chi connectivity index (χ0) is 27.8. The third kappa shape index (κ3) is 5.71. The summed E-state index contributed by atoms with van der Waals surface area (Å²) in [6.45, 7) is 0.405. The molecule has 2 saturated carbocycles. The molecule has 3 aliphatic heterocycles. The van der Waals surface area contributed by atoms with E-state index in [9.17, 15) is 46.4 Å². The van der Waals surface area contributed by atoms with Gasteiger partial charge in [0.15, 0.2) is 0 Å². The summed E-state index contributed by atoms with van der Waals surface area (Å²) in [4.78, 5) is 51.5. The van der Waals surface area contributed by atoms with Gasteiger partial charge in [-0.2, -0.15) is 18.4 Å². The summed E-state index contributed by atoms with van der Waals surface area (Å²) in [5.74, 6) is -10.2. The standard InChI is InChI=1S/C24H30F5N5O4/c25-23(26)10-15-4-5-16(23)18(20(36)32-14(11-30)9-13-6-7-31-19(13)35)34(15)21(37)17(8-12-2-1-3-12)33-22(38)24(27,28)29/h12-18H,1-10H2,(H,31,35)(H,32,36)(H,33,38)/t13-,14-,15-,16-,17-,18+/m0/s1. The number of nitrogens with zero attached hydrogens (tertiary/aromatic N) is 2. The lowest BCUT2D eigenvalue weighted by Crippen LogP contribution is -2.71. The Hall–Kier alpha value is -2.98. The highest BCUT2D eigenvalue weighted by molar-refractivity contribution is 5.94. The molecule has 210 valence electrons. The van der Waals surface area contributed by atoms with Gasteiger partial charge in [-0.25, -0.2) is 8.78 Å². The van der Waals surface area contributed by atoms with Crippen molar-refractivity contribution in [1.29, 1.82) is 5.26 Å². The minimum Gasteiger partial charge on any atom is -0.356 e. The number of fused-ring (bicyclic) bond motifs is 3. The van der Waals surface area contributed by atoms with Crippen LogP contribution < -0.4 is 16.0 Å². The number of alkyl halides is 5. The summed E-state index contributed by atoms with van der Waals surface area (Å²) in [6, 6.07) is -3.83. The largest absolute Gasteiger partial charge is 0.471 e. The first-order valence-corrected chi connectivity index (χ1v) is 12.9. The molecule has 14 heteroatoms. The molecule has 4 amide bonds. The molecule has 6 atom stereocenters. The van der Waals surface area contributed by atoms with Gasteiger partial charge in [-0.05, 0) is 38.0 Å². The van der Waals surface area contributed by atoms with Crippen molar-refractivity contribution < 1.29 is 41.1 Å². The Balaban J connectivity index is 1.58. The lowest BCUT2D eigenvalue weighted by molar-refractivity contribution is -0.196. The van der Waals surface area contributed by atoms with Crippen molar-refractivity contribution in [2.45, 2.75) is 94.1 Å². The van der Waals surface area contributed by atoms with Gasteiger partial charge in [-0.15, -0.1) is 0 Å². The number of hydrogen-bond acceptors (Lipinski definition) is 5. The van der Waals surface area contributed by atoms with Crippen molar-refractivity contribution in [1.82, 2.24) is 20.9 Å². The Morgan fingerprint density at radius 1 is 1.11 bits per heavy atom. The van der Waals surface area contributed by atoms with Crippen molar-refractivity contribution >= 4 is 23.6 Å². The van der Waals surface area contributed by atoms with Crippen molar-refractivity contribution in [3.8, 4) is 6.07 Å². The fraction of sp³-hybridized carbons (Fsp3) is 0.792. The van der Waals surface area contributed by atoms with Crippen molar-refractivity contribution in [3.63, 3.8) is 0 Å². The molecule has 38 heavy (non-hydrogen) atoms. The molecule has 0 aromatic carbocycles. The van der Waals surface area contributed by atoms with Gasteiger partial charge in [0, 0.05) is 24.9 Å². The Bertz CT molecular complexity index is 1010. The summed E-state index contributed by atoms with van der Waals surface area (Å²) in [6.07, 6.45) is -3.56. The minimum atomic E-state index is -5.25. The van der Waals surface area contributed by atoms with E-state index in [4.69, 9.17) is 0 Å². The predicted molar refractivity (Wildman–Crippen MR) is 120 cm³/mol. The molecule has 0 spiro atoms. The maximum absolute atomic E-state index is 14.9. The number of nitriles is 1. The van der Waals surface area contributed by atoms with Crippen molar-refractivity contribution in [2.75, 3.05) is 6.54 Å². The number of amides is 4. The second kappa shape index (κ2) is 10.6. The Morgan fingerprint density at radius 2 is 1.82 bits per heavy atom. The molecule has 0 radical (unpaired) electrons. The van der Waals surface area contributed by atoms with Crippen LogP contribution in [0.5, 0.6) is 0 Å². The average molecular weight is 548 g/mol. The number of halogens is 5. The van der Waals surface area contributed by atoms with Gasteiger partial charge in [-0.3, -0.25) is 19.2 Å². The number of rotatable bonds is 8. The lowest BCUT2D eigenvalue weighted by atomic mass is 9.71. The summed E-state index contributed by atoms with van der Waals surface area (Å²) in [5, 5.41) is 16.3. The van der Waals surface area contributed by atoms with Crippen LogP contribution in [-0.2, 0) is 19.2 Å². The topological polar surface area (TPSA) is 131 Å². The van der Waals surface area contributed by atoms with Gasteiger partial charge < -0.3 is 20.9 Å². The van der Waals surface area contributed by atoms with E-state index in [1.54, 1.807) is 5.32 Å². The van der Waals surface area contributed by atoms with Gasteiger partial charge in [0.05, 0.1) is 12.0 Å². The van der Waals surface area contributed by atoms with Crippen molar-refractivity contribution in [2.24, 2.45) is 17.8 Å². The number of hydrogen-bond donors (Lipinski definition) is 3. The van der Waals surface area contributed by atoms with Crippen LogP contribution >= 0.6 is 0 Å². The number of nitrogens with one attached hydrogen (secondary N) is 3. The van der Waals surface area contributed by atoms with E-state index in [1.807, 2.05) is 6.07 Å². The van der Waals surface area contributed by atoms with Gasteiger partial charge in [0.25, 0.3) is 5.92 Å². The molecule has 5 fully saturated rings. The van der Waals surface area contributed by atoms with Crippen LogP contribution in [0.1, 0.15) is 57.8 Å². The van der Waals surface area contributed by atoms with E-state index in [2.05, 4.69) is 10.6 Å². The minimum absolute atomic E-state index is 0.0504. The second-order valence-electron chi connectivity index (χ2n) is 10.8. The van der Waals surface area contributed by atoms with E-state index < -0.39 is 72.2 Å². The molecule has 9 nitrogen and oxygen atoms in total. The van der Waals surface area contributed by atoms with E-state index in [0.717, 1.165) is 11.3 Å². The van der Waals surface area contributed by atoms with Gasteiger partial charge in [0.2, 0.25) is 17.7 Å². The Labute approximate surface area is 215 Å². The van der Waals surface area contributed by atoms with Crippen LogP contribution in [0.4, 0.5) is 22.0 Å². The third-order valence-electron chi connectivity index (χ3n) is 8.27. The molecule has 3 saturated heterocycles. The normalized spacial score (nSPS) is 30.0. The van der Waals surface area contributed by atoms with Crippen LogP contribution in [0, 0.1) is 29.1 Å². The highest BCUT2D eigenvalue weighted by Gasteiger charge is 2.61. The quantitative estimate of drug-likeness (QED) is 0.399. The number of piperidine rings is 2. The average Bonchev–Trinajstić information content (AvgIpc) is 3.21. The smallest absolute Gasteiger partial charge is 0.356 e. The molecule has 5 aliphatic rings. The highest BCUT2D eigenvalue weighted by atomic mass is 19.4. The van der Waals surface area contributed by atoms with E-state index in [-0.39, 0.29) is 37.5 Å². The highest BCUT2D eigenvalue weighted by Crippen LogP contribution is 2.49. The van der Waals surface area contributed by atoms with E-state index in [0.29, 0.717) is 25.8 Å². The molecule has 2 aliphatic carbocycles. The first-order chi connectivity index (χ1) is 17.8. The summed E-state index contributed by atoms with van der Waals surface area (Å²) in [7, 11) is 0. The molecule has 5 rings (SSSR count). The van der Waals surface area contributed by atoms with Crippen LogP contribution in [0.15, 0.2) is 0 Å². The number of carbonyl (C=O) groups excluding carboxylic acids is 4. The van der Waals surface area contributed by atoms with Gasteiger partial charge in [-0.1, -0.05) is 19.3 Å². The zero-order valence-electron chi connectivity index (χ0n) is 20.5. The second-order valence-corrected chi connectivity index (χ2v) is 10.8. The van der Waals surface area contributed by atoms with E-state index >= 15 is 0 Å². The molecular formula is C24H30F5N5O4. The van der Waals surface area contributed by atoms with Crippen molar-refractivity contribution in [3.05, 3.63) is 0 Å². The van der Waals surface area contributed by atoms with E-state index in [1.165, 1.54) is 0 Å². The maximum Gasteiger partial charge on any atom is 0.471 e. The molecule has 0 unspecified atom stereocenters. The van der Waals surface area contributed by atoms with Crippen LogP contribution in [0.3, 0.4) is 0 Å². The number of carbonyl (C=O) groups is 4. The van der Waals surface area contributed by atoms with Crippen LogP contribution in [-0.4, -0.2) is 71.3 Å². The Morgan fingerprint density at radius 3 is 2.34 bits per heavy atom. The molecule has 3 heterocycles. The molecule has 0 aromatic rings. The zero-order valence-corrected chi connectivity index (χ0v) is 20.5. The fourth-order valence-electron chi connectivity index (χ4n) is 6.08. The monoisotopic (exact) mass is 547 g/mol. The fourth-order valence-corrected chi connectivity index (χ4v) is 6.08. The summed E-state index contributed by atoms with van der Waals surface area (Å²) in [5.41, 5.74) is 0. The SMILES string of the molecule is N#C[C@H](C[C@@H]1CCNC1=O)NC(=O)[C@H]1[C@@H]2CC[C@@H](CC2(F)F)N1C(=O)[C@H](CC1CCC1)NC(=O)C(F)(F)F. The predicted octanol–water partition coefficient (Wildman–Crippen LogP) is 1.77. The molecule has 0 aromatic heterocycles. The summed E-state index contributed by atoms with van der Waals surface area (Å²) >= 11 is 0. The molecular weight excluding hydrogens is 517 g/mol. The van der Waals surface area contributed by atoms with Crippen LogP contribution in [0.25, 0.3) is 0 Å². The van der Waals surface area contributed by atoms with Crippen LogP contribution in [0.2, 0.25) is 0 Å². The first kappa shape index (κ1) is 28.0. The molecule has 2 bridgehead atoms. The molecule has 3 N–H and O–H groups in total. The third-order valence-corrected chi connectivity index (χ3v) is 8.27. The van der Waals surface area contributed by atoms with Gasteiger partial charge >= 0.3 is 12.1 Å². The lowest BCUT2D eigenvalue weighted by Gasteiger charge is -2.54. The summed E-state index contributed by atoms with van der Waals surface area (Å²) < 4.78 is 68.9. The first-order valence-electron chi connectivity index (χ1n) is 12.9. The Kier molecular flexibility index (Phi) is 7.86. The maximum atomic E-state index is 14.9.